The molecule has 1 fully saturated rings. The Labute approximate surface area is 115 Å². The number of piperidine rings is 1. The number of carbonyl (C=O) groups excluding carboxylic acids is 1. The molecule has 1 aromatic rings. The molecule has 0 aliphatic carbocycles. The van der Waals surface area contributed by atoms with Crippen LogP contribution < -0.4 is 5.32 Å². The minimum atomic E-state index is -0.767. The maximum atomic E-state index is 12.0. The first kappa shape index (κ1) is 13.8. The Morgan fingerprint density at radius 2 is 2.42 bits per heavy atom. The summed E-state index contributed by atoms with van der Waals surface area (Å²) in [5.74, 6) is -1.10. The molecule has 1 aliphatic heterocycles. The van der Waals surface area contributed by atoms with Crippen LogP contribution in [0.4, 0.5) is 4.79 Å². The SMILES string of the molecule is CC1CC(C(=O)O)CCN1C(=O)NCc1cncs1. The summed E-state index contributed by atoms with van der Waals surface area (Å²) in [7, 11) is 0. The van der Waals surface area contributed by atoms with Crippen LogP contribution in [0.2, 0.25) is 0 Å². The topological polar surface area (TPSA) is 82.5 Å². The van der Waals surface area contributed by atoms with Crippen LogP contribution in [0.15, 0.2) is 11.7 Å². The number of aliphatic carboxylic acids is 1. The molecule has 19 heavy (non-hydrogen) atoms. The number of nitrogens with one attached hydrogen (secondary N) is 1. The molecule has 2 amide bonds. The second-order valence-electron chi connectivity index (χ2n) is 4.73. The van der Waals surface area contributed by atoms with Crippen molar-refractivity contribution in [3.05, 3.63) is 16.6 Å². The number of nitrogens with zero attached hydrogens (tertiary/aromatic N) is 2. The van der Waals surface area contributed by atoms with Gasteiger partial charge < -0.3 is 15.3 Å². The van der Waals surface area contributed by atoms with Gasteiger partial charge >= 0.3 is 12.0 Å². The first-order chi connectivity index (χ1) is 9.08. The number of aromatic nitrogens is 1. The van der Waals surface area contributed by atoms with Crippen molar-refractivity contribution in [3.8, 4) is 0 Å². The van der Waals surface area contributed by atoms with Crippen molar-refractivity contribution >= 4 is 23.3 Å². The maximum absolute atomic E-state index is 12.0. The number of thiazole rings is 1. The Balaban J connectivity index is 1.84. The Morgan fingerprint density at radius 3 is 3.00 bits per heavy atom. The largest absolute Gasteiger partial charge is 0.481 e. The Hall–Kier alpha value is -1.63. The summed E-state index contributed by atoms with van der Waals surface area (Å²) in [6.07, 6.45) is 2.77. The predicted molar refractivity (Wildman–Crippen MR) is 70.9 cm³/mol. The molecule has 2 unspecified atom stereocenters. The lowest BCUT2D eigenvalue weighted by Gasteiger charge is -2.36. The van der Waals surface area contributed by atoms with Gasteiger partial charge in [-0.05, 0) is 19.8 Å². The van der Waals surface area contributed by atoms with E-state index in [1.54, 1.807) is 16.6 Å². The first-order valence-electron chi connectivity index (χ1n) is 6.22. The van der Waals surface area contributed by atoms with Crippen LogP contribution in [0.3, 0.4) is 0 Å². The highest BCUT2D eigenvalue weighted by atomic mass is 32.1. The monoisotopic (exact) mass is 283 g/mol. The van der Waals surface area contributed by atoms with E-state index < -0.39 is 5.97 Å². The molecule has 0 saturated carbocycles. The third-order valence-electron chi connectivity index (χ3n) is 3.38. The van der Waals surface area contributed by atoms with Gasteiger partial charge in [0.1, 0.15) is 0 Å². The van der Waals surface area contributed by atoms with Gasteiger partial charge in [0.25, 0.3) is 0 Å². The highest BCUT2D eigenvalue weighted by Gasteiger charge is 2.32. The van der Waals surface area contributed by atoms with E-state index in [-0.39, 0.29) is 18.0 Å². The molecule has 2 rings (SSSR count). The number of hydrogen-bond acceptors (Lipinski definition) is 4. The molecule has 104 valence electrons. The van der Waals surface area contributed by atoms with Crippen LogP contribution in [0.5, 0.6) is 0 Å². The fourth-order valence-corrected chi connectivity index (χ4v) is 2.83. The van der Waals surface area contributed by atoms with Crippen molar-refractivity contribution in [2.75, 3.05) is 6.54 Å². The number of carbonyl (C=O) groups is 2. The third kappa shape index (κ3) is 3.44. The maximum Gasteiger partial charge on any atom is 0.317 e. The lowest BCUT2D eigenvalue weighted by molar-refractivity contribution is -0.143. The minimum Gasteiger partial charge on any atom is -0.481 e. The number of hydrogen-bond donors (Lipinski definition) is 2. The standard InChI is InChI=1S/C12H17N3O3S/c1-8-4-9(11(16)17)2-3-15(8)12(18)14-6-10-5-13-7-19-10/h5,7-9H,2-4,6H2,1H3,(H,14,18)(H,16,17). The molecule has 1 aromatic heterocycles. The summed E-state index contributed by atoms with van der Waals surface area (Å²) in [5.41, 5.74) is 1.72. The van der Waals surface area contributed by atoms with Gasteiger partial charge in [-0.1, -0.05) is 0 Å². The Kier molecular flexibility index (Phi) is 4.36. The van der Waals surface area contributed by atoms with Gasteiger partial charge in [0, 0.05) is 23.7 Å². The third-order valence-corrected chi connectivity index (χ3v) is 4.16. The number of urea groups is 1. The quantitative estimate of drug-likeness (QED) is 0.881. The summed E-state index contributed by atoms with van der Waals surface area (Å²) in [5, 5.41) is 11.8. The second kappa shape index (κ2) is 6.01. The number of carboxylic acids is 1. The summed E-state index contributed by atoms with van der Waals surface area (Å²) < 4.78 is 0. The van der Waals surface area contributed by atoms with Crippen molar-refractivity contribution in [1.82, 2.24) is 15.2 Å². The number of amides is 2. The van der Waals surface area contributed by atoms with E-state index in [9.17, 15) is 9.59 Å². The van der Waals surface area contributed by atoms with E-state index in [0.29, 0.717) is 25.9 Å². The molecule has 1 aliphatic rings. The lowest BCUT2D eigenvalue weighted by Crippen LogP contribution is -2.49. The van der Waals surface area contributed by atoms with Crippen LogP contribution in [-0.2, 0) is 11.3 Å². The van der Waals surface area contributed by atoms with Gasteiger partial charge in [-0.3, -0.25) is 9.78 Å². The molecule has 0 aromatic carbocycles. The first-order valence-corrected chi connectivity index (χ1v) is 7.10. The zero-order valence-corrected chi connectivity index (χ0v) is 11.5. The molecule has 2 heterocycles. The summed E-state index contributed by atoms with van der Waals surface area (Å²) in [6.45, 7) is 2.85. The van der Waals surface area contributed by atoms with Gasteiger partial charge in [0.2, 0.25) is 0 Å². The van der Waals surface area contributed by atoms with Crippen LogP contribution in [0.1, 0.15) is 24.6 Å². The molecular formula is C12H17N3O3S. The number of carboxylic acid groups (broad SMARTS) is 1. The van der Waals surface area contributed by atoms with Crippen molar-refractivity contribution in [3.63, 3.8) is 0 Å². The molecule has 2 N–H and O–H groups in total. The van der Waals surface area contributed by atoms with Gasteiger partial charge in [0.05, 0.1) is 18.0 Å². The number of likely N-dealkylation sites (tertiary alicyclic amines) is 1. The summed E-state index contributed by atoms with van der Waals surface area (Å²) >= 11 is 1.49. The van der Waals surface area contributed by atoms with Gasteiger partial charge in [-0.15, -0.1) is 11.3 Å². The molecule has 6 nitrogen and oxygen atoms in total. The average Bonchev–Trinajstić information content (AvgIpc) is 2.88. The van der Waals surface area contributed by atoms with Crippen molar-refractivity contribution in [2.45, 2.75) is 32.4 Å². The van der Waals surface area contributed by atoms with E-state index in [1.807, 2.05) is 6.92 Å². The fourth-order valence-electron chi connectivity index (χ4n) is 2.29. The van der Waals surface area contributed by atoms with Crippen molar-refractivity contribution in [1.29, 1.82) is 0 Å². The van der Waals surface area contributed by atoms with E-state index in [1.165, 1.54) is 11.3 Å². The van der Waals surface area contributed by atoms with Crippen molar-refractivity contribution in [2.24, 2.45) is 5.92 Å². The lowest BCUT2D eigenvalue weighted by atomic mass is 9.92. The second-order valence-corrected chi connectivity index (χ2v) is 5.70. The zero-order chi connectivity index (χ0) is 13.8. The van der Waals surface area contributed by atoms with E-state index in [0.717, 1.165) is 4.88 Å². The summed E-state index contributed by atoms with van der Waals surface area (Å²) in [4.78, 5) is 29.6. The molecule has 1 saturated heterocycles. The van der Waals surface area contributed by atoms with Crippen LogP contribution in [0.25, 0.3) is 0 Å². The molecule has 7 heteroatoms. The predicted octanol–water partition coefficient (Wildman–Crippen LogP) is 1.54. The van der Waals surface area contributed by atoms with Gasteiger partial charge in [0.15, 0.2) is 0 Å². The Morgan fingerprint density at radius 1 is 1.63 bits per heavy atom. The highest BCUT2D eigenvalue weighted by Crippen LogP contribution is 2.23. The van der Waals surface area contributed by atoms with Crippen LogP contribution in [-0.4, -0.2) is 39.6 Å². The average molecular weight is 283 g/mol. The normalized spacial score (nSPS) is 23.1. The Bertz CT molecular complexity index is 449. The van der Waals surface area contributed by atoms with Gasteiger partial charge in [-0.2, -0.15) is 0 Å². The minimum absolute atomic E-state index is 0.0451. The molecule has 0 bridgehead atoms. The van der Waals surface area contributed by atoms with E-state index in [2.05, 4.69) is 10.3 Å². The molecule has 2 atom stereocenters. The number of rotatable bonds is 3. The van der Waals surface area contributed by atoms with Gasteiger partial charge in [-0.25, -0.2) is 4.79 Å². The molecular weight excluding hydrogens is 266 g/mol. The van der Waals surface area contributed by atoms with Crippen LogP contribution in [0, 0.1) is 5.92 Å². The zero-order valence-electron chi connectivity index (χ0n) is 10.7. The summed E-state index contributed by atoms with van der Waals surface area (Å²) in [6, 6.07) is -0.180. The van der Waals surface area contributed by atoms with Crippen molar-refractivity contribution < 1.29 is 14.7 Å². The van der Waals surface area contributed by atoms with E-state index in [4.69, 9.17) is 5.11 Å². The smallest absolute Gasteiger partial charge is 0.317 e. The molecule has 0 spiro atoms. The highest BCUT2D eigenvalue weighted by molar-refractivity contribution is 7.09. The van der Waals surface area contributed by atoms with Crippen LogP contribution >= 0.6 is 11.3 Å². The fraction of sp³-hybridized carbons (Fsp3) is 0.583. The van der Waals surface area contributed by atoms with E-state index >= 15 is 0 Å². The molecule has 0 radical (unpaired) electrons.